The van der Waals surface area contributed by atoms with Crippen LogP contribution in [0, 0.1) is 0 Å². The first-order valence-corrected chi connectivity index (χ1v) is 7.41. The fourth-order valence-corrected chi connectivity index (χ4v) is 3.38. The Hall–Kier alpha value is -1.80. The van der Waals surface area contributed by atoms with Gasteiger partial charge in [-0.25, -0.2) is 0 Å². The van der Waals surface area contributed by atoms with Gasteiger partial charge in [-0.2, -0.15) is 0 Å². The van der Waals surface area contributed by atoms with Crippen LogP contribution in [0.2, 0.25) is 0 Å². The summed E-state index contributed by atoms with van der Waals surface area (Å²) in [5.74, 6) is 1.01. The van der Waals surface area contributed by atoms with Gasteiger partial charge in [0.15, 0.2) is 0 Å². The number of benzene rings is 2. The van der Waals surface area contributed by atoms with Crippen molar-refractivity contribution >= 4 is 10.8 Å². The Bertz CT molecular complexity index is 711. The van der Waals surface area contributed by atoms with E-state index in [1.807, 2.05) is 0 Å². The van der Waals surface area contributed by atoms with Gasteiger partial charge in [-0.3, -0.25) is 0 Å². The summed E-state index contributed by atoms with van der Waals surface area (Å²) in [6.07, 6.45) is 6.34. The lowest BCUT2D eigenvalue weighted by molar-refractivity contribution is 0.0198. The first-order valence-electron chi connectivity index (χ1n) is 7.41. The summed E-state index contributed by atoms with van der Waals surface area (Å²) < 4.78 is 11.6. The Morgan fingerprint density at radius 3 is 2.14 bits per heavy atom. The van der Waals surface area contributed by atoms with Crippen molar-refractivity contribution in [1.82, 2.24) is 0 Å². The van der Waals surface area contributed by atoms with Crippen molar-refractivity contribution in [3.8, 4) is 5.75 Å². The minimum atomic E-state index is -0.318. The van der Waals surface area contributed by atoms with Gasteiger partial charge in [0.25, 0.3) is 0 Å². The lowest BCUT2D eigenvalue weighted by atomic mass is 9.81. The Kier molecular flexibility index (Phi) is 3.50. The fourth-order valence-electron chi connectivity index (χ4n) is 3.38. The third-order valence-corrected chi connectivity index (χ3v) is 4.51. The Labute approximate surface area is 126 Å². The molecule has 0 aromatic heterocycles. The van der Waals surface area contributed by atoms with E-state index in [-0.39, 0.29) is 5.60 Å². The van der Waals surface area contributed by atoms with E-state index < -0.39 is 0 Å². The highest BCUT2D eigenvalue weighted by Crippen LogP contribution is 2.43. The second-order valence-electron chi connectivity index (χ2n) is 6.01. The standard InChI is InChI=1S/C19H22O2/c1-19(2,21-4)17-13-9-5-7-11-15(13)18(20-3)16-12-8-6-10-14(16)17/h5-9,11H,10,12H2,1-4H3. The molecule has 0 unspecified atom stereocenters. The van der Waals surface area contributed by atoms with Gasteiger partial charge in [0.05, 0.1) is 12.7 Å². The molecule has 21 heavy (non-hydrogen) atoms. The summed E-state index contributed by atoms with van der Waals surface area (Å²) in [5, 5.41) is 2.41. The summed E-state index contributed by atoms with van der Waals surface area (Å²) in [6, 6.07) is 8.47. The number of hydrogen-bond donors (Lipinski definition) is 0. The van der Waals surface area contributed by atoms with Crippen LogP contribution in [0.5, 0.6) is 5.75 Å². The molecule has 0 amide bonds. The van der Waals surface area contributed by atoms with Gasteiger partial charge in [0.1, 0.15) is 5.75 Å². The molecule has 0 heterocycles. The van der Waals surface area contributed by atoms with Crippen LogP contribution in [0.1, 0.15) is 30.5 Å². The molecule has 2 aromatic rings. The fraction of sp³-hybridized carbons (Fsp3) is 0.368. The monoisotopic (exact) mass is 282 g/mol. The number of rotatable bonds is 3. The molecule has 0 atom stereocenters. The normalized spacial score (nSPS) is 14.3. The molecule has 0 fully saturated rings. The van der Waals surface area contributed by atoms with Gasteiger partial charge in [0, 0.05) is 18.1 Å². The summed E-state index contributed by atoms with van der Waals surface area (Å²) >= 11 is 0. The zero-order chi connectivity index (χ0) is 15.0. The smallest absolute Gasteiger partial charge is 0.130 e. The molecule has 1 aliphatic carbocycles. The number of allylic oxidation sites excluding steroid dienone is 2. The zero-order valence-corrected chi connectivity index (χ0v) is 13.2. The van der Waals surface area contributed by atoms with Gasteiger partial charge >= 0.3 is 0 Å². The largest absolute Gasteiger partial charge is 0.496 e. The van der Waals surface area contributed by atoms with E-state index in [4.69, 9.17) is 9.47 Å². The highest BCUT2D eigenvalue weighted by molar-refractivity contribution is 5.94. The Morgan fingerprint density at radius 2 is 1.52 bits per heavy atom. The molecule has 0 aliphatic heterocycles. The van der Waals surface area contributed by atoms with Gasteiger partial charge in [0.2, 0.25) is 0 Å². The maximum absolute atomic E-state index is 5.81. The highest BCUT2D eigenvalue weighted by atomic mass is 16.5. The predicted octanol–water partition coefficient (Wildman–Crippen LogP) is 4.38. The van der Waals surface area contributed by atoms with E-state index in [2.05, 4.69) is 50.3 Å². The predicted molar refractivity (Wildman–Crippen MR) is 87.1 cm³/mol. The third kappa shape index (κ3) is 2.14. The number of hydrogen-bond acceptors (Lipinski definition) is 2. The maximum Gasteiger partial charge on any atom is 0.130 e. The van der Waals surface area contributed by atoms with Crippen molar-refractivity contribution in [2.45, 2.75) is 32.3 Å². The maximum atomic E-state index is 5.81. The van der Waals surface area contributed by atoms with E-state index in [1.165, 1.54) is 27.5 Å². The lowest BCUT2D eigenvalue weighted by Crippen LogP contribution is -2.23. The summed E-state index contributed by atoms with van der Waals surface area (Å²) in [6.45, 7) is 4.28. The van der Waals surface area contributed by atoms with Gasteiger partial charge < -0.3 is 9.47 Å². The first kappa shape index (κ1) is 14.2. The van der Waals surface area contributed by atoms with Crippen molar-refractivity contribution in [2.75, 3.05) is 14.2 Å². The third-order valence-electron chi connectivity index (χ3n) is 4.51. The van der Waals surface area contributed by atoms with Crippen molar-refractivity contribution in [1.29, 1.82) is 0 Å². The molecule has 110 valence electrons. The minimum absolute atomic E-state index is 0.318. The SMILES string of the molecule is COc1c2c(c(C(C)(C)OC)c3ccccc13)CC=CC2. The molecule has 0 spiro atoms. The van der Waals surface area contributed by atoms with E-state index in [0.717, 1.165) is 18.6 Å². The molecule has 2 heteroatoms. The van der Waals surface area contributed by atoms with E-state index in [9.17, 15) is 0 Å². The lowest BCUT2D eigenvalue weighted by Gasteiger charge is -2.31. The van der Waals surface area contributed by atoms with Crippen LogP contribution in [-0.4, -0.2) is 14.2 Å². The molecule has 3 rings (SSSR count). The minimum Gasteiger partial charge on any atom is -0.496 e. The van der Waals surface area contributed by atoms with Crippen molar-refractivity contribution in [2.24, 2.45) is 0 Å². The number of ether oxygens (including phenoxy) is 2. The van der Waals surface area contributed by atoms with E-state index >= 15 is 0 Å². The quantitative estimate of drug-likeness (QED) is 0.778. The topological polar surface area (TPSA) is 18.5 Å². The molecule has 2 aromatic carbocycles. The number of fused-ring (bicyclic) bond motifs is 2. The molecule has 0 bridgehead atoms. The van der Waals surface area contributed by atoms with E-state index in [0.29, 0.717) is 0 Å². The Morgan fingerprint density at radius 1 is 0.905 bits per heavy atom. The highest BCUT2D eigenvalue weighted by Gasteiger charge is 2.29. The molecule has 0 saturated heterocycles. The molecular formula is C19H22O2. The number of methoxy groups -OCH3 is 2. The van der Waals surface area contributed by atoms with Crippen LogP contribution in [0.15, 0.2) is 36.4 Å². The molecular weight excluding hydrogens is 260 g/mol. The first-order chi connectivity index (χ1) is 10.1. The Balaban J connectivity index is 2.46. The van der Waals surface area contributed by atoms with E-state index in [1.54, 1.807) is 14.2 Å². The van der Waals surface area contributed by atoms with Crippen LogP contribution >= 0.6 is 0 Å². The van der Waals surface area contributed by atoms with Crippen molar-refractivity contribution in [3.05, 3.63) is 53.1 Å². The van der Waals surface area contributed by atoms with Crippen LogP contribution in [0.4, 0.5) is 0 Å². The van der Waals surface area contributed by atoms with Crippen molar-refractivity contribution in [3.63, 3.8) is 0 Å². The average molecular weight is 282 g/mol. The van der Waals surface area contributed by atoms with Gasteiger partial charge in [-0.05, 0) is 43.2 Å². The van der Waals surface area contributed by atoms with Crippen LogP contribution in [-0.2, 0) is 23.2 Å². The van der Waals surface area contributed by atoms with Crippen LogP contribution in [0.25, 0.3) is 10.8 Å². The average Bonchev–Trinajstić information content (AvgIpc) is 2.52. The summed E-state index contributed by atoms with van der Waals surface area (Å²) in [5.41, 5.74) is 3.64. The molecule has 0 N–H and O–H groups in total. The molecule has 0 saturated carbocycles. The molecule has 2 nitrogen and oxygen atoms in total. The summed E-state index contributed by atoms with van der Waals surface area (Å²) in [4.78, 5) is 0. The van der Waals surface area contributed by atoms with Crippen LogP contribution < -0.4 is 4.74 Å². The molecule has 1 aliphatic rings. The van der Waals surface area contributed by atoms with Crippen LogP contribution in [0.3, 0.4) is 0 Å². The second-order valence-corrected chi connectivity index (χ2v) is 6.01. The zero-order valence-electron chi connectivity index (χ0n) is 13.2. The van der Waals surface area contributed by atoms with Gasteiger partial charge in [-0.15, -0.1) is 0 Å². The van der Waals surface area contributed by atoms with Crippen molar-refractivity contribution < 1.29 is 9.47 Å². The second kappa shape index (κ2) is 5.19. The van der Waals surface area contributed by atoms with Gasteiger partial charge in [-0.1, -0.05) is 36.4 Å². The molecule has 0 radical (unpaired) electrons. The summed E-state index contributed by atoms with van der Waals surface area (Å²) in [7, 11) is 3.55.